The molecule has 0 saturated carbocycles. The minimum atomic E-state index is -1.08. The van der Waals surface area contributed by atoms with Crippen LogP contribution in [0.2, 0.25) is 10.2 Å². The van der Waals surface area contributed by atoms with E-state index < -0.39 is 18.2 Å². The van der Waals surface area contributed by atoms with Gasteiger partial charge in [0, 0.05) is 12.6 Å². The summed E-state index contributed by atoms with van der Waals surface area (Å²) >= 11 is 12.3. The van der Waals surface area contributed by atoms with Gasteiger partial charge in [-0.05, 0) is 6.07 Å². The van der Waals surface area contributed by atoms with Crippen molar-refractivity contribution in [2.45, 2.75) is 6.10 Å². The number of urea groups is 1. The fraction of sp³-hybridized carbons (Fsp3) is 0.211. The highest BCUT2D eigenvalue weighted by atomic mass is 35.5. The monoisotopic (exact) mass is 518 g/mol. The lowest BCUT2D eigenvalue weighted by molar-refractivity contribution is -0.0258. The molecule has 4 aromatic rings. The van der Waals surface area contributed by atoms with Gasteiger partial charge >= 0.3 is 12.1 Å². The van der Waals surface area contributed by atoms with E-state index in [1.54, 1.807) is 0 Å². The largest absolute Gasteiger partial charge is 0.465 e. The molecule has 0 radical (unpaired) electrons. The molecule has 1 aliphatic rings. The molecule has 180 valence electrons. The lowest BCUT2D eigenvalue weighted by Crippen LogP contribution is -2.42. The van der Waals surface area contributed by atoms with E-state index in [1.807, 2.05) is 0 Å². The Hall–Kier alpha value is -4.01. The smallest absolute Gasteiger partial charge is 0.407 e. The zero-order valence-corrected chi connectivity index (χ0v) is 19.2. The predicted octanol–water partition coefficient (Wildman–Crippen LogP) is 2.71. The van der Waals surface area contributed by atoms with Gasteiger partial charge in [-0.1, -0.05) is 23.2 Å². The van der Waals surface area contributed by atoms with Gasteiger partial charge in [-0.15, -0.1) is 4.80 Å². The van der Waals surface area contributed by atoms with Crippen LogP contribution < -0.4 is 10.6 Å². The Morgan fingerprint density at radius 1 is 1.11 bits per heavy atom. The molecule has 35 heavy (non-hydrogen) atoms. The van der Waals surface area contributed by atoms with Crippen LogP contribution in [0.15, 0.2) is 36.9 Å². The molecule has 1 saturated heterocycles. The molecule has 0 bridgehead atoms. The number of carbonyl (C=O) groups is 2. The number of halogens is 2. The van der Waals surface area contributed by atoms with E-state index in [1.165, 1.54) is 51.1 Å². The van der Waals surface area contributed by atoms with E-state index in [0.717, 1.165) is 0 Å². The average Bonchev–Trinajstić information content (AvgIpc) is 3.48. The number of nitrogens with one attached hydrogen (secondary N) is 2. The number of nitrogens with zero attached hydrogens (tertiary/aromatic N) is 8. The van der Waals surface area contributed by atoms with Gasteiger partial charge in [-0.2, -0.15) is 15.3 Å². The third-order valence-corrected chi connectivity index (χ3v) is 5.53. The first-order valence-electron chi connectivity index (χ1n) is 10.1. The Kier molecular flexibility index (Phi) is 6.07. The van der Waals surface area contributed by atoms with E-state index in [0.29, 0.717) is 22.8 Å². The van der Waals surface area contributed by atoms with E-state index in [2.05, 4.69) is 35.9 Å². The summed E-state index contributed by atoms with van der Waals surface area (Å²) in [6, 6.07) is 2.41. The first kappa shape index (κ1) is 22.8. The van der Waals surface area contributed by atoms with Gasteiger partial charge in [0.05, 0.1) is 54.3 Å². The minimum Gasteiger partial charge on any atom is -0.465 e. The molecule has 1 atom stereocenters. The summed E-state index contributed by atoms with van der Waals surface area (Å²) in [5.74, 6) is 0.299. The fourth-order valence-corrected chi connectivity index (χ4v) is 3.99. The molecule has 1 aliphatic heterocycles. The van der Waals surface area contributed by atoms with E-state index in [9.17, 15) is 14.7 Å². The normalized spacial score (nSPS) is 15.8. The number of rotatable bonds is 4. The second-order valence-electron chi connectivity index (χ2n) is 7.31. The number of fused-ring (bicyclic) bond motifs is 1. The molecule has 14 nitrogen and oxygen atoms in total. The zero-order valence-electron chi connectivity index (χ0n) is 17.7. The fourth-order valence-electron chi connectivity index (χ4n) is 3.57. The Balaban J connectivity index is 1.41. The van der Waals surface area contributed by atoms with Crippen molar-refractivity contribution in [2.24, 2.45) is 0 Å². The first-order valence-corrected chi connectivity index (χ1v) is 10.9. The number of carbonyl (C=O) groups excluding carboxylic acids is 1. The molecule has 4 aromatic heterocycles. The molecular weight excluding hydrogens is 503 g/mol. The third-order valence-electron chi connectivity index (χ3n) is 5.07. The zero-order chi connectivity index (χ0) is 24.5. The summed E-state index contributed by atoms with van der Waals surface area (Å²) in [4.78, 5) is 35.2. The Labute approximate surface area is 206 Å². The minimum absolute atomic E-state index is 0.0324. The summed E-state index contributed by atoms with van der Waals surface area (Å²) in [7, 11) is 0. The SMILES string of the molecule is O=C(Nc1cnc(-n2nccn2)c(Cl)c1)Nc1cnc2cc(Cl)nn2c1C1CN(C(=O)O)CCO1. The number of hydrogen-bond acceptors (Lipinski definition) is 8. The van der Waals surface area contributed by atoms with Crippen LogP contribution in [-0.2, 0) is 4.74 Å². The lowest BCUT2D eigenvalue weighted by Gasteiger charge is -2.32. The van der Waals surface area contributed by atoms with Crippen molar-refractivity contribution < 1.29 is 19.4 Å². The van der Waals surface area contributed by atoms with E-state index in [4.69, 9.17) is 27.9 Å². The van der Waals surface area contributed by atoms with Crippen LogP contribution in [0.4, 0.5) is 21.0 Å². The number of hydrogen-bond donors (Lipinski definition) is 3. The van der Waals surface area contributed by atoms with Gasteiger partial charge in [0.25, 0.3) is 0 Å². The molecule has 3 amide bonds. The van der Waals surface area contributed by atoms with Crippen LogP contribution in [0.25, 0.3) is 11.5 Å². The Morgan fingerprint density at radius 2 is 1.91 bits per heavy atom. The molecule has 1 fully saturated rings. The van der Waals surface area contributed by atoms with Crippen molar-refractivity contribution in [2.75, 3.05) is 30.3 Å². The van der Waals surface area contributed by atoms with E-state index >= 15 is 0 Å². The molecule has 1 unspecified atom stereocenters. The van der Waals surface area contributed by atoms with Gasteiger partial charge in [0.2, 0.25) is 0 Å². The Bertz CT molecular complexity index is 1410. The highest BCUT2D eigenvalue weighted by Crippen LogP contribution is 2.30. The maximum atomic E-state index is 12.8. The molecule has 5 heterocycles. The van der Waals surface area contributed by atoms with Crippen molar-refractivity contribution >= 4 is 52.3 Å². The molecular formula is C19H16Cl2N10O4. The summed E-state index contributed by atoms with van der Waals surface area (Å²) in [6.07, 6.45) is 3.98. The molecule has 0 aromatic carbocycles. The van der Waals surface area contributed by atoms with Crippen molar-refractivity contribution in [3.05, 3.63) is 52.8 Å². The van der Waals surface area contributed by atoms with Gasteiger partial charge in [0.1, 0.15) is 11.8 Å². The summed E-state index contributed by atoms with van der Waals surface area (Å²) < 4.78 is 7.23. The number of ether oxygens (including phenoxy) is 1. The standard InChI is InChI=1S/C19H16Cl2N10O4/c20-11-5-10(7-23-17(11)31-24-1-2-25-31)26-18(32)27-12-8-22-15-6-14(21)28-30(15)16(12)13-9-29(19(33)34)3-4-35-13/h1-2,5-8,13H,3-4,9H2,(H,33,34)(H2,26,27,32). The number of amides is 3. The molecule has 3 N–H and O–H groups in total. The highest BCUT2D eigenvalue weighted by molar-refractivity contribution is 6.32. The quantitative estimate of drug-likeness (QED) is 0.368. The number of pyridine rings is 1. The molecule has 0 spiro atoms. The van der Waals surface area contributed by atoms with Crippen molar-refractivity contribution in [3.63, 3.8) is 0 Å². The van der Waals surface area contributed by atoms with Crippen LogP contribution in [0.1, 0.15) is 11.8 Å². The summed E-state index contributed by atoms with van der Waals surface area (Å²) in [6.45, 7) is 0.425. The number of aromatic nitrogens is 7. The highest BCUT2D eigenvalue weighted by Gasteiger charge is 2.30. The van der Waals surface area contributed by atoms with Crippen LogP contribution in [0.5, 0.6) is 0 Å². The molecule has 16 heteroatoms. The third kappa shape index (κ3) is 4.66. The van der Waals surface area contributed by atoms with Crippen molar-refractivity contribution in [3.8, 4) is 5.82 Å². The molecule has 5 rings (SSSR count). The lowest BCUT2D eigenvalue weighted by atomic mass is 10.1. The van der Waals surface area contributed by atoms with Crippen LogP contribution >= 0.6 is 23.2 Å². The predicted molar refractivity (Wildman–Crippen MR) is 123 cm³/mol. The van der Waals surface area contributed by atoms with Gasteiger partial charge < -0.3 is 25.4 Å². The van der Waals surface area contributed by atoms with Gasteiger partial charge in [-0.25, -0.2) is 24.1 Å². The van der Waals surface area contributed by atoms with Crippen LogP contribution in [-0.4, -0.2) is 76.4 Å². The van der Waals surface area contributed by atoms with Crippen molar-refractivity contribution in [1.29, 1.82) is 0 Å². The van der Waals surface area contributed by atoms with Crippen LogP contribution in [0.3, 0.4) is 0 Å². The second kappa shape index (κ2) is 9.32. The van der Waals surface area contributed by atoms with Crippen molar-refractivity contribution in [1.82, 2.24) is 39.5 Å². The van der Waals surface area contributed by atoms with E-state index in [-0.39, 0.29) is 35.6 Å². The first-order chi connectivity index (χ1) is 16.9. The maximum absolute atomic E-state index is 12.8. The number of morpholine rings is 1. The molecule has 0 aliphatic carbocycles. The average molecular weight is 519 g/mol. The number of anilines is 2. The topological polar surface area (TPSA) is 165 Å². The second-order valence-corrected chi connectivity index (χ2v) is 8.10. The maximum Gasteiger partial charge on any atom is 0.407 e. The van der Waals surface area contributed by atoms with Gasteiger partial charge in [-0.3, -0.25) is 0 Å². The Morgan fingerprint density at radius 3 is 2.66 bits per heavy atom. The summed E-state index contributed by atoms with van der Waals surface area (Å²) in [5.41, 5.74) is 1.36. The van der Waals surface area contributed by atoms with Crippen LogP contribution in [0, 0.1) is 0 Å². The summed E-state index contributed by atoms with van der Waals surface area (Å²) in [5, 5.41) is 27.3. The van der Waals surface area contributed by atoms with Gasteiger partial charge in [0.15, 0.2) is 16.6 Å². The number of carboxylic acid groups (broad SMARTS) is 1.